The van der Waals surface area contributed by atoms with E-state index in [-0.39, 0.29) is 18.4 Å². The predicted octanol–water partition coefficient (Wildman–Crippen LogP) is 1.53. The Bertz CT molecular complexity index is 692. The van der Waals surface area contributed by atoms with Crippen LogP contribution in [0.15, 0.2) is 22.8 Å². The lowest BCUT2D eigenvalue weighted by molar-refractivity contribution is -0.140. The highest BCUT2D eigenvalue weighted by Crippen LogP contribution is 2.33. The molecule has 140 valence electrons. The van der Waals surface area contributed by atoms with Crippen LogP contribution in [0.3, 0.4) is 0 Å². The zero-order valence-corrected chi connectivity index (χ0v) is 14.7. The maximum Gasteiger partial charge on any atom is 0.344 e. The summed E-state index contributed by atoms with van der Waals surface area (Å²) in [6.45, 7) is 0.657. The summed E-state index contributed by atoms with van der Waals surface area (Å²) in [6, 6.07) is 3.50. The van der Waals surface area contributed by atoms with Gasteiger partial charge >= 0.3 is 6.03 Å². The zero-order valence-electron chi connectivity index (χ0n) is 14.7. The number of carbonyl (C=O) groups excluding carboxylic acids is 3. The summed E-state index contributed by atoms with van der Waals surface area (Å²) in [5, 5.41) is 3.66. The monoisotopic (exact) mass is 360 g/mol. The average Bonchev–Trinajstić information content (AvgIpc) is 3.31. The molecule has 1 saturated heterocycles. The summed E-state index contributed by atoms with van der Waals surface area (Å²) < 4.78 is 5.36. The number of furan rings is 1. The van der Waals surface area contributed by atoms with Gasteiger partial charge in [-0.05, 0) is 37.8 Å². The Morgan fingerprint density at radius 1 is 1.31 bits per heavy atom. The fourth-order valence-corrected chi connectivity index (χ4v) is 3.92. The van der Waals surface area contributed by atoms with Gasteiger partial charge in [0.15, 0.2) is 0 Å². The Labute approximate surface area is 151 Å². The van der Waals surface area contributed by atoms with Crippen molar-refractivity contribution in [2.75, 3.05) is 6.54 Å². The molecule has 0 radical (unpaired) electrons. The largest absolute Gasteiger partial charge is 0.468 e. The lowest BCUT2D eigenvalue weighted by atomic mass is 9.82. The summed E-state index contributed by atoms with van der Waals surface area (Å²) in [7, 11) is 0. The number of nitrogens with zero attached hydrogens (tertiary/aromatic N) is 2. The first kappa shape index (κ1) is 17.1. The third-order valence-electron chi connectivity index (χ3n) is 5.45. The van der Waals surface area contributed by atoms with Gasteiger partial charge in [0.1, 0.15) is 11.3 Å². The summed E-state index contributed by atoms with van der Waals surface area (Å²) in [4.78, 5) is 39.4. The molecule has 26 heavy (non-hydrogen) atoms. The van der Waals surface area contributed by atoms with E-state index < -0.39 is 11.6 Å². The minimum atomic E-state index is -0.826. The van der Waals surface area contributed by atoms with Gasteiger partial charge in [0.25, 0.3) is 11.8 Å². The van der Waals surface area contributed by atoms with Gasteiger partial charge in [-0.1, -0.05) is 19.3 Å². The molecule has 3 fully saturated rings. The lowest BCUT2D eigenvalue weighted by Crippen LogP contribution is -2.52. The van der Waals surface area contributed by atoms with E-state index in [0.717, 1.165) is 42.9 Å². The minimum Gasteiger partial charge on any atom is -0.468 e. The molecule has 0 aromatic carbocycles. The molecule has 0 atom stereocenters. The number of imide groups is 1. The highest BCUT2D eigenvalue weighted by atomic mass is 16.3. The van der Waals surface area contributed by atoms with Crippen molar-refractivity contribution in [3.05, 3.63) is 24.2 Å². The van der Waals surface area contributed by atoms with E-state index in [1.807, 2.05) is 17.0 Å². The minimum absolute atomic E-state index is 0.120. The van der Waals surface area contributed by atoms with Crippen molar-refractivity contribution in [2.45, 2.75) is 63.1 Å². The summed E-state index contributed by atoms with van der Waals surface area (Å²) in [5.41, 5.74) is 1.68. The first-order valence-corrected chi connectivity index (χ1v) is 9.30. The maximum absolute atomic E-state index is 12.7. The van der Waals surface area contributed by atoms with Crippen molar-refractivity contribution in [1.82, 2.24) is 20.7 Å². The van der Waals surface area contributed by atoms with Gasteiger partial charge in [-0.15, -0.1) is 0 Å². The topological polar surface area (TPSA) is 94.9 Å². The van der Waals surface area contributed by atoms with Crippen LogP contribution in [0.4, 0.5) is 4.79 Å². The van der Waals surface area contributed by atoms with Gasteiger partial charge in [-0.25, -0.2) is 4.79 Å². The second-order valence-electron chi connectivity index (χ2n) is 7.46. The van der Waals surface area contributed by atoms with E-state index in [4.69, 9.17) is 4.42 Å². The summed E-state index contributed by atoms with van der Waals surface area (Å²) >= 11 is 0. The zero-order chi connectivity index (χ0) is 18.1. The lowest BCUT2D eigenvalue weighted by Gasteiger charge is -2.30. The van der Waals surface area contributed by atoms with Crippen molar-refractivity contribution in [2.24, 2.45) is 0 Å². The maximum atomic E-state index is 12.7. The number of hydrogen-bond donors (Lipinski definition) is 2. The molecule has 2 saturated carbocycles. The second-order valence-corrected chi connectivity index (χ2v) is 7.46. The van der Waals surface area contributed by atoms with Crippen molar-refractivity contribution in [3.63, 3.8) is 0 Å². The Hall–Kier alpha value is -2.35. The van der Waals surface area contributed by atoms with Crippen LogP contribution in [0.1, 0.15) is 50.7 Å². The SMILES string of the molecule is O=C(CN(Cc1ccco1)C1CC1)NN1C(=O)NC2(CCCCC2)C1=O. The van der Waals surface area contributed by atoms with Gasteiger partial charge < -0.3 is 9.73 Å². The molecule has 1 aromatic rings. The third-order valence-corrected chi connectivity index (χ3v) is 5.45. The Morgan fingerprint density at radius 2 is 2.08 bits per heavy atom. The number of amides is 4. The molecule has 2 N–H and O–H groups in total. The van der Waals surface area contributed by atoms with Gasteiger partial charge in [-0.3, -0.25) is 19.9 Å². The molecule has 1 aliphatic heterocycles. The van der Waals surface area contributed by atoms with Gasteiger partial charge in [0.2, 0.25) is 0 Å². The molecule has 3 aliphatic rings. The highest BCUT2D eigenvalue weighted by molar-refractivity contribution is 6.08. The summed E-state index contributed by atoms with van der Waals surface area (Å²) in [5.74, 6) is 0.0974. The molecule has 0 bridgehead atoms. The fraction of sp³-hybridized carbons (Fsp3) is 0.611. The molecular formula is C18H24N4O4. The normalized spacial score (nSPS) is 22.1. The number of hydrazine groups is 1. The number of nitrogens with one attached hydrogen (secondary N) is 2. The Balaban J connectivity index is 1.37. The van der Waals surface area contributed by atoms with E-state index in [1.165, 1.54) is 0 Å². The van der Waals surface area contributed by atoms with Crippen molar-refractivity contribution in [3.8, 4) is 0 Å². The van der Waals surface area contributed by atoms with Gasteiger partial charge in [0, 0.05) is 6.04 Å². The third kappa shape index (κ3) is 3.33. The van der Waals surface area contributed by atoms with Crippen LogP contribution in [0, 0.1) is 0 Å². The molecule has 2 heterocycles. The molecular weight excluding hydrogens is 336 g/mol. The smallest absolute Gasteiger partial charge is 0.344 e. The quantitative estimate of drug-likeness (QED) is 0.750. The number of urea groups is 1. The standard InChI is InChI=1S/C18H24N4O4/c23-15(12-21(13-6-7-13)11-14-5-4-10-26-14)20-22-16(24)18(19-17(22)25)8-2-1-3-9-18/h4-5,10,13H,1-3,6-9,11-12H2,(H,19,25)(H,20,23). The summed E-state index contributed by atoms with van der Waals surface area (Å²) in [6.07, 6.45) is 7.85. The van der Waals surface area contributed by atoms with E-state index in [2.05, 4.69) is 10.7 Å². The average molecular weight is 360 g/mol. The fourth-order valence-electron chi connectivity index (χ4n) is 3.92. The van der Waals surface area contributed by atoms with E-state index in [0.29, 0.717) is 25.4 Å². The van der Waals surface area contributed by atoms with Crippen molar-refractivity contribution >= 4 is 17.8 Å². The molecule has 4 amide bonds. The molecule has 1 spiro atoms. The van der Waals surface area contributed by atoms with Crippen molar-refractivity contribution in [1.29, 1.82) is 0 Å². The first-order chi connectivity index (χ1) is 12.6. The Kier molecular flexibility index (Phi) is 4.44. The Morgan fingerprint density at radius 3 is 2.73 bits per heavy atom. The predicted molar refractivity (Wildman–Crippen MR) is 91.5 cm³/mol. The van der Waals surface area contributed by atoms with Crippen LogP contribution < -0.4 is 10.7 Å². The number of carbonyl (C=O) groups is 3. The van der Waals surface area contributed by atoms with E-state index >= 15 is 0 Å². The van der Waals surface area contributed by atoms with Gasteiger partial charge in [0.05, 0.1) is 19.4 Å². The van der Waals surface area contributed by atoms with E-state index in [1.54, 1.807) is 6.26 Å². The number of hydrogen-bond acceptors (Lipinski definition) is 5. The van der Waals surface area contributed by atoms with Crippen LogP contribution >= 0.6 is 0 Å². The molecule has 8 heteroatoms. The second kappa shape index (κ2) is 6.75. The van der Waals surface area contributed by atoms with E-state index in [9.17, 15) is 14.4 Å². The molecule has 8 nitrogen and oxygen atoms in total. The molecule has 0 unspecified atom stereocenters. The number of rotatable bonds is 6. The molecule has 4 rings (SSSR count). The first-order valence-electron chi connectivity index (χ1n) is 9.30. The molecule has 2 aliphatic carbocycles. The van der Waals surface area contributed by atoms with Crippen molar-refractivity contribution < 1.29 is 18.8 Å². The molecule has 1 aromatic heterocycles. The van der Waals surface area contributed by atoms with Crippen LogP contribution in [-0.4, -0.2) is 45.9 Å². The van der Waals surface area contributed by atoms with Crippen LogP contribution in [-0.2, 0) is 16.1 Å². The van der Waals surface area contributed by atoms with Gasteiger partial charge in [-0.2, -0.15) is 5.01 Å². The van der Waals surface area contributed by atoms with Crippen LogP contribution in [0.5, 0.6) is 0 Å². The van der Waals surface area contributed by atoms with Crippen LogP contribution in [0.25, 0.3) is 0 Å². The highest BCUT2D eigenvalue weighted by Gasteiger charge is 2.52. The van der Waals surface area contributed by atoms with Crippen LogP contribution in [0.2, 0.25) is 0 Å².